The molecule has 11 heteroatoms. The Balaban J connectivity index is 2.62. The van der Waals surface area contributed by atoms with Gasteiger partial charge in [-0.05, 0) is 19.3 Å². The van der Waals surface area contributed by atoms with Gasteiger partial charge < -0.3 is 50.5 Å². The van der Waals surface area contributed by atoms with Crippen LogP contribution in [0.1, 0.15) is 117 Å². The number of aliphatic hydroxyl groups is 7. The Morgan fingerprint density at radius 2 is 1.37 bits per heavy atom. The van der Waals surface area contributed by atoms with Crippen LogP contribution in [-0.2, 0) is 14.3 Å². The number of ether oxygens (including phenoxy) is 2. The predicted molar refractivity (Wildman–Crippen MR) is 164 cm³/mol. The highest BCUT2D eigenvalue weighted by molar-refractivity contribution is 5.76. The molecule has 0 radical (unpaired) electrons. The summed E-state index contributed by atoms with van der Waals surface area (Å²) in [6.45, 7) is 3.14. The van der Waals surface area contributed by atoms with Crippen molar-refractivity contribution in [1.29, 1.82) is 0 Å². The zero-order chi connectivity index (χ0) is 32.0. The number of allylic oxidation sites excluding steroid dienone is 1. The first-order valence-electron chi connectivity index (χ1n) is 16.6. The van der Waals surface area contributed by atoms with E-state index in [0.717, 1.165) is 32.1 Å². The van der Waals surface area contributed by atoms with Crippen LogP contribution >= 0.6 is 0 Å². The van der Waals surface area contributed by atoms with Crippen LogP contribution in [0.5, 0.6) is 0 Å². The summed E-state index contributed by atoms with van der Waals surface area (Å²) in [6, 6.07) is -0.895. The Morgan fingerprint density at radius 3 is 1.95 bits per heavy atom. The van der Waals surface area contributed by atoms with Gasteiger partial charge in [-0.25, -0.2) is 0 Å². The van der Waals surface area contributed by atoms with Crippen molar-refractivity contribution in [2.75, 3.05) is 13.2 Å². The summed E-state index contributed by atoms with van der Waals surface area (Å²) in [5.41, 5.74) is 0. The Kier molecular flexibility index (Phi) is 22.4. The van der Waals surface area contributed by atoms with Crippen molar-refractivity contribution < 1.29 is 50.0 Å². The third-order valence-electron chi connectivity index (χ3n) is 8.04. The zero-order valence-corrected chi connectivity index (χ0v) is 26.4. The second kappa shape index (κ2) is 24.1. The average molecular weight is 620 g/mol. The number of amides is 1. The second-order valence-corrected chi connectivity index (χ2v) is 11.9. The van der Waals surface area contributed by atoms with E-state index in [1.165, 1.54) is 57.8 Å². The normalized spacial score (nSPS) is 25.5. The minimum absolute atomic E-state index is 0.264. The molecular formula is C32H61NO10. The molecular weight excluding hydrogens is 558 g/mol. The zero-order valence-electron chi connectivity index (χ0n) is 26.4. The number of hydrogen-bond donors (Lipinski definition) is 8. The second-order valence-electron chi connectivity index (χ2n) is 11.9. The number of carbonyl (C=O) groups is 1. The summed E-state index contributed by atoms with van der Waals surface area (Å²) in [4.78, 5) is 12.5. The summed E-state index contributed by atoms with van der Waals surface area (Å²) >= 11 is 0. The molecule has 9 atom stereocenters. The molecule has 254 valence electrons. The Labute approximate surface area is 258 Å². The van der Waals surface area contributed by atoms with Gasteiger partial charge in [-0.15, -0.1) is 0 Å². The number of unbranched alkanes of at least 4 members (excludes halogenated alkanes) is 13. The summed E-state index contributed by atoms with van der Waals surface area (Å²) in [6.07, 6.45) is 7.91. The molecule has 1 saturated heterocycles. The predicted octanol–water partition coefficient (Wildman–Crippen LogP) is 2.21. The van der Waals surface area contributed by atoms with E-state index >= 15 is 0 Å². The SMILES string of the molecule is CCCCCCCCCCCCCC=CC(O)C(COC1O[C@H]([C@@H](O)[C@H](O)CO)[C@@H](O)[C@H](O)[C@H]1O)NC(=O)CCCCC. The van der Waals surface area contributed by atoms with E-state index in [1.807, 2.05) is 13.0 Å². The number of carbonyl (C=O) groups excluding carboxylic acids is 1. The molecule has 0 spiro atoms. The van der Waals surface area contributed by atoms with Crippen LogP contribution in [-0.4, -0.2) is 110 Å². The molecule has 0 aromatic rings. The van der Waals surface area contributed by atoms with Gasteiger partial charge in [-0.3, -0.25) is 4.79 Å². The van der Waals surface area contributed by atoms with Crippen LogP contribution in [0.4, 0.5) is 0 Å². The fraction of sp³-hybridized carbons (Fsp3) is 0.906. The van der Waals surface area contributed by atoms with Crippen molar-refractivity contribution in [2.24, 2.45) is 0 Å². The Bertz CT molecular complexity index is 722. The van der Waals surface area contributed by atoms with Crippen LogP contribution in [0, 0.1) is 0 Å². The van der Waals surface area contributed by atoms with Gasteiger partial charge in [-0.1, -0.05) is 103 Å². The standard InChI is InChI=1S/C32H61NO10/c1-3-5-7-8-9-10-11-12-13-14-15-16-18-19-24(35)23(33-26(37)20-17-6-4-2)22-42-32-30(41)28(39)29(40)31(43-32)27(38)25(36)21-34/h18-19,23-25,27-32,34-36,38-41H,3-17,20-22H2,1-2H3,(H,33,37)/t23?,24?,25-,27+,28+,29+,30-,31-,32?/m1/s1. The maximum atomic E-state index is 12.5. The highest BCUT2D eigenvalue weighted by Gasteiger charge is 2.48. The molecule has 0 bridgehead atoms. The lowest BCUT2D eigenvalue weighted by Crippen LogP contribution is -2.63. The molecule has 1 aliphatic rings. The smallest absolute Gasteiger partial charge is 0.220 e. The lowest BCUT2D eigenvalue weighted by Gasteiger charge is -2.43. The summed E-state index contributed by atoms with van der Waals surface area (Å²) in [7, 11) is 0. The average Bonchev–Trinajstić information content (AvgIpc) is 3.00. The summed E-state index contributed by atoms with van der Waals surface area (Å²) in [5, 5.41) is 73.7. The summed E-state index contributed by atoms with van der Waals surface area (Å²) < 4.78 is 11.1. The lowest BCUT2D eigenvalue weighted by molar-refractivity contribution is -0.317. The molecule has 3 unspecified atom stereocenters. The van der Waals surface area contributed by atoms with E-state index in [4.69, 9.17) is 14.6 Å². The minimum atomic E-state index is -1.78. The van der Waals surface area contributed by atoms with Gasteiger partial charge in [0.2, 0.25) is 5.91 Å². The van der Waals surface area contributed by atoms with Gasteiger partial charge in [0.1, 0.15) is 36.6 Å². The first-order chi connectivity index (χ1) is 20.7. The molecule has 11 nitrogen and oxygen atoms in total. The molecule has 1 heterocycles. The Morgan fingerprint density at radius 1 is 0.814 bits per heavy atom. The van der Waals surface area contributed by atoms with E-state index in [0.29, 0.717) is 6.42 Å². The molecule has 1 fully saturated rings. The monoisotopic (exact) mass is 619 g/mol. The van der Waals surface area contributed by atoms with Gasteiger partial charge in [-0.2, -0.15) is 0 Å². The Hall–Kier alpha value is -1.15. The maximum absolute atomic E-state index is 12.5. The van der Waals surface area contributed by atoms with Crippen molar-refractivity contribution in [2.45, 2.75) is 172 Å². The van der Waals surface area contributed by atoms with Crippen molar-refractivity contribution in [3.63, 3.8) is 0 Å². The molecule has 1 amide bonds. The first-order valence-corrected chi connectivity index (χ1v) is 16.6. The van der Waals surface area contributed by atoms with E-state index in [-0.39, 0.29) is 18.9 Å². The molecule has 1 aliphatic heterocycles. The summed E-state index contributed by atoms with van der Waals surface area (Å²) in [5.74, 6) is -0.264. The minimum Gasteiger partial charge on any atom is -0.394 e. The molecule has 43 heavy (non-hydrogen) atoms. The highest BCUT2D eigenvalue weighted by atomic mass is 16.7. The quantitative estimate of drug-likeness (QED) is 0.0556. The van der Waals surface area contributed by atoms with E-state index < -0.39 is 61.7 Å². The third kappa shape index (κ3) is 16.1. The van der Waals surface area contributed by atoms with Gasteiger partial charge in [0, 0.05) is 6.42 Å². The molecule has 0 aromatic heterocycles. The fourth-order valence-electron chi connectivity index (χ4n) is 5.16. The van der Waals surface area contributed by atoms with E-state index in [1.54, 1.807) is 6.08 Å². The number of hydrogen-bond acceptors (Lipinski definition) is 10. The van der Waals surface area contributed by atoms with Crippen molar-refractivity contribution in [3.05, 3.63) is 12.2 Å². The molecule has 0 aliphatic carbocycles. The maximum Gasteiger partial charge on any atom is 0.220 e. The van der Waals surface area contributed by atoms with Gasteiger partial charge >= 0.3 is 0 Å². The fourth-order valence-corrected chi connectivity index (χ4v) is 5.16. The largest absolute Gasteiger partial charge is 0.394 e. The van der Waals surface area contributed by atoms with Crippen LogP contribution in [0.25, 0.3) is 0 Å². The lowest BCUT2D eigenvalue weighted by atomic mass is 9.93. The van der Waals surface area contributed by atoms with Gasteiger partial charge in [0.15, 0.2) is 6.29 Å². The first kappa shape index (κ1) is 39.9. The van der Waals surface area contributed by atoms with Crippen LogP contribution in [0.3, 0.4) is 0 Å². The molecule has 8 N–H and O–H groups in total. The molecule has 0 saturated carbocycles. The molecule has 1 rings (SSSR count). The van der Waals surface area contributed by atoms with Crippen molar-refractivity contribution in [3.8, 4) is 0 Å². The van der Waals surface area contributed by atoms with E-state index in [2.05, 4.69) is 12.2 Å². The van der Waals surface area contributed by atoms with Crippen molar-refractivity contribution >= 4 is 5.91 Å². The van der Waals surface area contributed by atoms with E-state index in [9.17, 15) is 35.4 Å². The number of nitrogens with one attached hydrogen (secondary N) is 1. The van der Waals surface area contributed by atoms with Crippen LogP contribution in [0.15, 0.2) is 12.2 Å². The highest BCUT2D eigenvalue weighted by Crippen LogP contribution is 2.26. The van der Waals surface area contributed by atoms with Crippen molar-refractivity contribution in [1.82, 2.24) is 5.32 Å². The van der Waals surface area contributed by atoms with Crippen LogP contribution < -0.4 is 5.32 Å². The van der Waals surface area contributed by atoms with Gasteiger partial charge in [0.25, 0.3) is 0 Å². The molecule has 0 aromatic carbocycles. The van der Waals surface area contributed by atoms with Crippen LogP contribution in [0.2, 0.25) is 0 Å². The van der Waals surface area contributed by atoms with Gasteiger partial charge in [0.05, 0.1) is 25.4 Å². The number of aliphatic hydroxyl groups excluding tert-OH is 7. The number of rotatable bonds is 25. The topological polar surface area (TPSA) is 189 Å². The third-order valence-corrected chi connectivity index (χ3v) is 8.04.